The van der Waals surface area contributed by atoms with Gasteiger partial charge in [0, 0.05) is 20.4 Å². The van der Waals surface area contributed by atoms with Crippen molar-refractivity contribution in [3.63, 3.8) is 0 Å². The summed E-state index contributed by atoms with van der Waals surface area (Å²) in [5.41, 5.74) is 2.30. The molecule has 1 saturated carbocycles. The molecule has 0 radical (unpaired) electrons. The zero-order valence-electron chi connectivity index (χ0n) is 12.1. The summed E-state index contributed by atoms with van der Waals surface area (Å²) in [5.74, 6) is 0. The van der Waals surface area contributed by atoms with Gasteiger partial charge in [0.25, 0.3) is 0 Å². The molecule has 0 spiro atoms. The molecule has 1 N–H and O–H groups in total. The maximum absolute atomic E-state index is 6.44. The summed E-state index contributed by atoms with van der Waals surface area (Å²) in [4.78, 5) is 6.15. The highest BCUT2D eigenvalue weighted by Crippen LogP contribution is 2.36. The van der Waals surface area contributed by atoms with Crippen molar-refractivity contribution in [1.29, 1.82) is 0 Å². The molecule has 1 aromatic carbocycles. The first-order chi connectivity index (χ1) is 10.1. The number of benzene rings is 1. The Morgan fingerprint density at radius 2 is 2.24 bits per heavy atom. The summed E-state index contributed by atoms with van der Waals surface area (Å²) in [5, 5.41) is 5.61. The van der Waals surface area contributed by atoms with E-state index in [4.69, 9.17) is 16.6 Å². The lowest BCUT2D eigenvalue weighted by molar-refractivity contribution is 0.596. The lowest BCUT2D eigenvalue weighted by Crippen LogP contribution is -2.24. The Kier molecular flexibility index (Phi) is 4.69. The third-order valence-electron chi connectivity index (χ3n) is 3.74. The first kappa shape index (κ1) is 15.5. The highest BCUT2D eigenvalue weighted by Gasteiger charge is 2.29. The average molecular weight is 386 g/mol. The van der Waals surface area contributed by atoms with Crippen LogP contribution in [0.5, 0.6) is 0 Å². The Bertz CT molecular complexity index is 652. The molecular formula is C16H18BrClN2S. The van der Waals surface area contributed by atoms with E-state index in [0.717, 1.165) is 26.5 Å². The molecule has 0 saturated heterocycles. The fraction of sp³-hybridized carbons (Fsp3) is 0.438. The zero-order chi connectivity index (χ0) is 15.0. The van der Waals surface area contributed by atoms with Gasteiger partial charge in [-0.25, -0.2) is 4.98 Å². The highest BCUT2D eigenvalue weighted by molar-refractivity contribution is 9.10. The Morgan fingerprint density at radius 3 is 2.86 bits per heavy atom. The molecule has 1 fully saturated rings. The standard InChI is InChI=1S/C16H18BrClN2S/c1-3-14-9(2)21-16(20-14)15(19-11-5-6-11)12-8-10(17)4-7-13(12)18/h4,7-8,11,15,19H,3,5-6H2,1-2H3. The second-order valence-corrected chi connectivity index (χ2v) is 8.01. The minimum absolute atomic E-state index is 0.0894. The van der Waals surface area contributed by atoms with Crippen molar-refractivity contribution >= 4 is 38.9 Å². The van der Waals surface area contributed by atoms with Crippen LogP contribution in [0.25, 0.3) is 0 Å². The molecule has 2 nitrogen and oxygen atoms in total. The van der Waals surface area contributed by atoms with Gasteiger partial charge in [0.1, 0.15) is 5.01 Å². The van der Waals surface area contributed by atoms with E-state index in [0.29, 0.717) is 6.04 Å². The molecule has 1 atom stereocenters. The maximum Gasteiger partial charge on any atom is 0.115 e. The van der Waals surface area contributed by atoms with Gasteiger partial charge in [-0.3, -0.25) is 0 Å². The average Bonchev–Trinajstić information content (AvgIpc) is 3.20. The number of aryl methyl sites for hydroxylation is 2. The van der Waals surface area contributed by atoms with Gasteiger partial charge < -0.3 is 5.32 Å². The third kappa shape index (κ3) is 3.50. The summed E-state index contributed by atoms with van der Waals surface area (Å²) in [7, 11) is 0. The second kappa shape index (κ2) is 6.37. The SMILES string of the molecule is CCc1nc(C(NC2CC2)c2cc(Br)ccc2Cl)sc1C. The number of rotatable bonds is 5. The van der Waals surface area contributed by atoms with Crippen molar-refractivity contribution in [1.82, 2.24) is 10.3 Å². The van der Waals surface area contributed by atoms with Crippen LogP contribution in [-0.2, 0) is 6.42 Å². The molecule has 21 heavy (non-hydrogen) atoms. The summed E-state index contributed by atoms with van der Waals surface area (Å²) in [6, 6.07) is 6.71. The Hall–Kier alpha value is -0.420. The van der Waals surface area contributed by atoms with Crippen LogP contribution in [-0.4, -0.2) is 11.0 Å². The van der Waals surface area contributed by atoms with Gasteiger partial charge >= 0.3 is 0 Å². The quantitative estimate of drug-likeness (QED) is 0.758. The van der Waals surface area contributed by atoms with E-state index in [-0.39, 0.29) is 6.04 Å². The van der Waals surface area contributed by atoms with E-state index in [1.165, 1.54) is 23.4 Å². The number of nitrogens with one attached hydrogen (secondary N) is 1. The Labute approximate surface area is 143 Å². The fourth-order valence-electron chi connectivity index (χ4n) is 2.42. The number of aromatic nitrogens is 1. The topological polar surface area (TPSA) is 24.9 Å². The van der Waals surface area contributed by atoms with E-state index in [2.05, 4.69) is 41.2 Å². The molecule has 112 valence electrons. The summed E-state index contributed by atoms with van der Waals surface area (Å²) in [6.07, 6.45) is 3.46. The molecular weight excluding hydrogens is 368 g/mol. The van der Waals surface area contributed by atoms with Crippen molar-refractivity contribution in [2.45, 2.75) is 45.2 Å². The van der Waals surface area contributed by atoms with Crippen LogP contribution < -0.4 is 5.32 Å². The van der Waals surface area contributed by atoms with Crippen LogP contribution >= 0.6 is 38.9 Å². The predicted molar refractivity (Wildman–Crippen MR) is 93.4 cm³/mol. The van der Waals surface area contributed by atoms with Crippen LogP contribution in [0.3, 0.4) is 0 Å². The Morgan fingerprint density at radius 1 is 1.48 bits per heavy atom. The molecule has 0 aliphatic heterocycles. The fourth-order valence-corrected chi connectivity index (χ4v) is 4.11. The third-order valence-corrected chi connectivity index (χ3v) is 5.66. The lowest BCUT2D eigenvalue weighted by Gasteiger charge is -2.18. The van der Waals surface area contributed by atoms with Crippen molar-refractivity contribution in [2.75, 3.05) is 0 Å². The van der Waals surface area contributed by atoms with Crippen molar-refractivity contribution in [3.05, 3.63) is 48.8 Å². The maximum atomic E-state index is 6.44. The largest absolute Gasteiger partial charge is 0.301 e. The van der Waals surface area contributed by atoms with E-state index >= 15 is 0 Å². The molecule has 1 unspecified atom stereocenters. The molecule has 1 aliphatic rings. The van der Waals surface area contributed by atoms with Gasteiger partial charge in [-0.15, -0.1) is 11.3 Å². The van der Waals surface area contributed by atoms with Crippen LogP contribution in [0, 0.1) is 6.92 Å². The number of nitrogens with zero attached hydrogens (tertiary/aromatic N) is 1. The normalized spacial score (nSPS) is 16.2. The van der Waals surface area contributed by atoms with Gasteiger partial charge in [-0.1, -0.05) is 34.5 Å². The van der Waals surface area contributed by atoms with E-state index in [1.54, 1.807) is 11.3 Å². The molecule has 3 rings (SSSR count). The zero-order valence-corrected chi connectivity index (χ0v) is 15.3. The smallest absolute Gasteiger partial charge is 0.115 e. The monoisotopic (exact) mass is 384 g/mol. The van der Waals surface area contributed by atoms with Gasteiger partial charge in [0.05, 0.1) is 11.7 Å². The first-order valence-electron chi connectivity index (χ1n) is 7.25. The van der Waals surface area contributed by atoms with Gasteiger partial charge in [0.15, 0.2) is 0 Å². The first-order valence-corrected chi connectivity index (χ1v) is 9.24. The summed E-state index contributed by atoms with van der Waals surface area (Å²) >= 11 is 11.8. The number of halogens is 2. The minimum atomic E-state index is 0.0894. The number of hydrogen-bond donors (Lipinski definition) is 1. The van der Waals surface area contributed by atoms with Gasteiger partial charge in [0.2, 0.25) is 0 Å². The lowest BCUT2D eigenvalue weighted by atomic mass is 10.1. The molecule has 0 amide bonds. The second-order valence-electron chi connectivity index (χ2n) is 5.45. The molecule has 1 heterocycles. The van der Waals surface area contributed by atoms with Crippen LogP contribution in [0.4, 0.5) is 0 Å². The molecule has 1 aliphatic carbocycles. The van der Waals surface area contributed by atoms with Crippen LogP contribution in [0.2, 0.25) is 5.02 Å². The molecule has 5 heteroatoms. The van der Waals surface area contributed by atoms with Gasteiger partial charge in [-0.2, -0.15) is 0 Å². The van der Waals surface area contributed by atoms with E-state index in [9.17, 15) is 0 Å². The number of hydrogen-bond acceptors (Lipinski definition) is 3. The van der Waals surface area contributed by atoms with E-state index in [1.807, 2.05) is 12.1 Å². The van der Waals surface area contributed by atoms with E-state index < -0.39 is 0 Å². The van der Waals surface area contributed by atoms with Crippen molar-refractivity contribution in [3.8, 4) is 0 Å². The molecule has 1 aromatic heterocycles. The van der Waals surface area contributed by atoms with Crippen LogP contribution in [0.1, 0.15) is 46.9 Å². The Balaban J connectivity index is 2.01. The summed E-state index contributed by atoms with van der Waals surface area (Å²) < 4.78 is 1.05. The van der Waals surface area contributed by atoms with Crippen LogP contribution in [0.15, 0.2) is 22.7 Å². The van der Waals surface area contributed by atoms with Crippen molar-refractivity contribution in [2.24, 2.45) is 0 Å². The predicted octanol–water partition coefficient (Wildman–Crippen LogP) is 5.27. The molecule has 2 aromatic rings. The van der Waals surface area contributed by atoms with Crippen molar-refractivity contribution < 1.29 is 0 Å². The number of thiazole rings is 1. The molecule has 0 bridgehead atoms. The van der Waals surface area contributed by atoms with Gasteiger partial charge in [-0.05, 0) is 49.9 Å². The summed E-state index contributed by atoms with van der Waals surface area (Å²) in [6.45, 7) is 4.30. The minimum Gasteiger partial charge on any atom is -0.301 e. The highest BCUT2D eigenvalue weighted by atomic mass is 79.9.